The van der Waals surface area contributed by atoms with Crippen molar-refractivity contribution in [2.24, 2.45) is 23.7 Å². The van der Waals surface area contributed by atoms with E-state index in [-0.39, 0.29) is 35.7 Å². The molecule has 91 heavy (non-hydrogen) atoms. The van der Waals surface area contributed by atoms with Gasteiger partial charge in [0, 0.05) is 40.0 Å². The predicted molar refractivity (Wildman–Crippen MR) is 351 cm³/mol. The molecule has 0 amide bonds. The maximum atomic E-state index is 13.8. The molecule has 0 bridgehead atoms. The molecule has 16 nitrogen and oxygen atoms in total. The van der Waals surface area contributed by atoms with E-state index in [1.54, 1.807) is 0 Å². The molecular formula is C74H87NO15S. The van der Waals surface area contributed by atoms with Crippen molar-refractivity contribution < 1.29 is 71.3 Å². The number of hydrogen-bond acceptors (Lipinski definition) is 17. The first-order valence-electron chi connectivity index (χ1n) is 32.3. The van der Waals surface area contributed by atoms with Gasteiger partial charge < -0.3 is 47.4 Å². The van der Waals surface area contributed by atoms with Gasteiger partial charge in [-0.2, -0.15) is 0 Å². The highest BCUT2D eigenvalue weighted by atomic mass is 32.2. The molecule has 8 rings (SSSR count). The lowest BCUT2D eigenvalue weighted by Crippen LogP contribution is -2.27. The average molecular weight is 1260 g/mol. The molecule has 2 saturated carbocycles. The van der Waals surface area contributed by atoms with Gasteiger partial charge in [0.25, 0.3) is 0 Å². The van der Waals surface area contributed by atoms with Crippen LogP contribution in [0.3, 0.4) is 0 Å². The number of benzene rings is 5. The van der Waals surface area contributed by atoms with Gasteiger partial charge in [-0.15, -0.1) is 0 Å². The van der Waals surface area contributed by atoms with Gasteiger partial charge in [0.1, 0.15) is 45.3 Å². The van der Waals surface area contributed by atoms with E-state index in [0.717, 1.165) is 153 Å². The van der Waals surface area contributed by atoms with E-state index in [4.69, 9.17) is 52.4 Å². The van der Waals surface area contributed by atoms with Gasteiger partial charge in [-0.25, -0.2) is 19.4 Å². The molecule has 6 aromatic rings. The van der Waals surface area contributed by atoms with Gasteiger partial charge in [-0.3, -0.25) is 9.59 Å². The fourth-order valence-electron chi connectivity index (χ4n) is 11.0. The Labute approximate surface area is 539 Å². The molecule has 1 aromatic heterocycles. The van der Waals surface area contributed by atoms with Crippen molar-refractivity contribution in [2.75, 3.05) is 52.9 Å². The molecular weight excluding hydrogens is 1170 g/mol. The lowest BCUT2D eigenvalue weighted by molar-refractivity contribution is -0.141. The van der Waals surface area contributed by atoms with Crippen LogP contribution in [0.1, 0.15) is 128 Å². The Bertz CT molecular complexity index is 3300. The summed E-state index contributed by atoms with van der Waals surface area (Å²) in [6.45, 7) is 14.3. The molecule has 2 aliphatic rings. The van der Waals surface area contributed by atoms with Gasteiger partial charge in [0.15, 0.2) is 0 Å². The quantitative estimate of drug-likeness (QED) is 0.00883. The number of carbonyl (C=O) groups is 5. The first-order chi connectivity index (χ1) is 44.5. The van der Waals surface area contributed by atoms with Crippen LogP contribution in [0.25, 0.3) is 21.7 Å². The van der Waals surface area contributed by atoms with Gasteiger partial charge >= 0.3 is 29.8 Å². The fraction of sp³-hybridized carbons (Fsp3) is 0.432. The zero-order valence-corrected chi connectivity index (χ0v) is 53.1. The SMILES string of the molecule is C=CC(=O)OCCCCCCOc1ccc(OCC2CCC(C(=O)Oc3ccc4c(c3)nc(Sc3ccc(OCCCCCCOC(=O)C=C)cc3)c3cc(OC(=O)C5CCC(COc6ccc(OCCCCCCOC(=O)C=C)cc6)CC5)ccc34)CC2)cc1. The molecule has 17 heteroatoms. The number of unbranched alkanes of at least 4 members (excludes halogenated alkanes) is 9. The number of rotatable bonds is 39. The second-order valence-corrected chi connectivity index (χ2v) is 24.2. The summed E-state index contributed by atoms with van der Waals surface area (Å²) in [5, 5.41) is 3.29. The summed E-state index contributed by atoms with van der Waals surface area (Å²) in [7, 11) is 0. The second kappa shape index (κ2) is 37.8. The topological polar surface area (TPSA) is 191 Å². The number of hydrogen-bond donors (Lipinski definition) is 0. The van der Waals surface area contributed by atoms with Crippen LogP contribution in [0.5, 0.6) is 40.2 Å². The minimum Gasteiger partial charge on any atom is -0.494 e. The summed E-state index contributed by atoms with van der Waals surface area (Å²) in [6, 6.07) is 34.6. The van der Waals surface area contributed by atoms with E-state index in [1.165, 1.54) is 30.0 Å². The zero-order valence-electron chi connectivity index (χ0n) is 52.3. The van der Waals surface area contributed by atoms with Crippen LogP contribution >= 0.6 is 11.8 Å². The number of pyridine rings is 1. The molecule has 2 fully saturated rings. The van der Waals surface area contributed by atoms with Crippen LogP contribution in [0.15, 0.2) is 157 Å². The fourth-order valence-corrected chi connectivity index (χ4v) is 11.9. The molecule has 5 aromatic carbocycles. The van der Waals surface area contributed by atoms with Crippen LogP contribution in [0.4, 0.5) is 0 Å². The molecule has 0 unspecified atom stereocenters. The van der Waals surface area contributed by atoms with Crippen LogP contribution < -0.4 is 33.2 Å². The first-order valence-corrected chi connectivity index (χ1v) is 33.1. The maximum Gasteiger partial charge on any atom is 0.330 e. The molecule has 0 aliphatic heterocycles. The van der Waals surface area contributed by atoms with Crippen molar-refractivity contribution in [3.8, 4) is 40.2 Å². The van der Waals surface area contributed by atoms with Gasteiger partial charge in [0.05, 0.1) is 70.2 Å². The van der Waals surface area contributed by atoms with Crippen LogP contribution in [0.2, 0.25) is 0 Å². The summed E-state index contributed by atoms with van der Waals surface area (Å²) >= 11 is 1.49. The number of esters is 5. The third-order valence-corrected chi connectivity index (χ3v) is 17.3. The highest BCUT2D eigenvalue weighted by molar-refractivity contribution is 7.99. The summed E-state index contributed by atoms with van der Waals surface area (Å²) in [4.78, 5) is 67.4. The van der Waals surface area contributed by atoms with E-state index in [0.29, 0.717) is 112 Å². The normalized spacial score (nSPS) is 16.2. The van der Waals surface area contributed by atoms with Gasteiger partial charge in [-0.05, 0) is 249 Å². The van der Waals surface area contributed by atoms with E-state index >= 15 is 0 Å². The molecule has 0 atom stereocenters. The molecule has 1 heterocycles. The first kappa shape index (κ1) is 68.6. The zero-order chi connectivity index (χ0) is 63.8. The van der Waals surface area contributed by atoms with E-state index in [1.807, 2.05) is 109 Å². The standard InChI is InChI=1S/C74H87NO15S/c1-4-69(76)84-46-16-10-7-13-43-81-57-27-31-60(32-28-57)87-51-53-19-23-55(24-20-53)73(79)89-62-37-41-65-66-42-38-63(50-68(66)75-72(67(65)49-62)91-64-39-35-59(36-40-64)83-45-15-9-12-18-48-86-71(78)6-3)90-74(80)56-25-21-54(22-26-56)52-88-61-33-29-58(30-34-61)82-44-14-8-11-17-47-85-70(77)5-2/h4-6,27-42,49-50,53-56H,1-3,7-26,43-48,51-52H2. The molecule has 0 radical (unpaired) electrons. The van der Waals surface area contributed by atoms with Gasteiger partial charge in [0.2, 0.25) is 0 Å². The Morgan fingerprint density at radius 2 is 0.725 bits per heavy atom. The monoisotopic (exact) mass is 1260 g/mol. The Morgan fingerprint density at radius 3 is 1.12 bits per heavy atom. The van der Waals surface area contributed by atoms with Crippen molar-refractivity contribution in [1.82, 2.24) is 4.98 Å². The largest absolute Gasteiger partial charge is 0.494 e. The highest BCUT2D eigenvalue weighted by Gasteiger charge is 2.30. The number of ether oxygens (including phenoxy) is 10. The van der Waals surface area contributed by atoms with Crippen LogP contribution in [0, 0.1) is 23.7 Å². The minimum absolute atomic E-state index is 0.231. The van der Waals surface area contributed by atoms with Crippen molar-refractivity contribution in [3.63, 3.8) is 0 Å². The highest BCUT2D eigenvalue weighted by Crippen LogP contribution is 2.40. The Hall–Kier alpha value is -8.31. The molecule has 2 aliphatic carbocycles. The smallest absolute Gasteiger partial charge is 0.330 e. The maximum absolute atomic E-state index is 13.8. The molecule has 0 spiro atoms. The molecule has 0 saturated heterocycles. The number of fused-ring (bicyclic) bond motifs is 3. The average Bonchev–Trinajstić information content (AvgIpc) is 1.93. The Balaban J connectivity index is 0.821. The second-order valence-electron chi connectivity index (χ2n) is 23.1. The third-order valence-electron chi connectivity index (χ3n) is 16.3. The number of carbonyl (C=O) groups excluding carboxylic acids is 5. The number of nitrogens with zero attached hydrogens (tertiary/aromatic N) is 1. The summed E-state index contributed by atoms with van der Waals surface area (Å²) in [6.07, 6.45) is 20.6. The summed E-state index contributed by atoms with van der Waals surface area (Å²) in [5.41, 5.74) is 0.662. The minimum atomic E-state index is -0.404. The number of aromatic nitrogens is 1. The van der Waals surface area contributed by atoms with Crippen LogP contribution in [-0.2, 0) is 38.2 Å². The van der Waals surface area contributed by atoms with E-state index < -0.39 is 5.97 Å². The summed E-state index contributed by atoms with van der Waals surface area (Å²) in [5.74, 6) is 3.23. The van der Waals surface area contributed by atoms with Crippen molar-refractivity contribution in [1.29, 1.82) is 0 Å². The Morgan fingerprint density at radius 1 is 0.385 bits per heavy atom. The van der Waals surface area contributed by atoms with Crippen molar-refractivity contribution in [3.05, 3.63) is 147 Å². The van der Waals surface area contributed by atoms with E-state index in [9.17, 15) is 24.0 Å². The van der Waals surface area contributed by atoms with Crippen LogP contribution in [-0.4, -0.2) is 87.7 Å². The van der Waals surface area contributed by atoms with Crippen molar-refractivity contribution in [2.45, 2.75) is 138 Å². The van der Waals surface area contributed by atoms with Crippen molar-refractivity contribution >= 4 is 63.3 Å². The van der Waals surface area contributed by atoms with Gasteiger partial charge in [-0.1, -0.05) is 31.5 Å². The predicted octanol–water partition coefficient (Wildman–Crippen LogP) is 16.1. The Kier molecular flexibility index (Phi) is 28.5. The molecule has 484 valence electrons. The van der Waals surface area contributed by atoms with E-state index in [2.05, 4.69) is 19.7 Å². The summed E-state index contributed by atoms with van der Waals surface area (Å²) < 4.78 is 57.6. The lowest BCUT2D eigenvalue weighted by Gasteiger charge is -2.27. The molecule has 0 N–H and O–H groups in total. The lowest BCUT2D eigenvalue weighted by atomic mass is 9.82. The third kappa shape index (κ3) is 23.5.